The Morgan fingerprint density at radius 3 is 2.30 bits per heavy atom. The Morgan fingerprint density at radius 1 is 0.909 bits per heavy atom. The van der Waals surface area contributed by atoms with E-state index in [0.29, 0.717) is 0 Å². The molecule has 0 aliphatic carbocycles. The molecule has 3 rings (SSSR count). The Labute approximate surface area is 192 Å². The largest absolute Gasteiger partial charge is 0.497 e. The molecule has 3 aromatic rings. The van der Waals surface area contributed by atoms with Crippen LogP contribution in [0.5, 0.6) is 5.75 Å². The SMILES string of the molecule is COc1ccc2cc([C@H](C)C(=O)OCCOC(=O)C=CS(=O)(=O)c3ccccc3)ccc2c1. The second-order valence-corrected chi connectivity index (χ2v) is 9.02. The van der Waals surface area contributed by atoms with E-state index in [9.17, 15) is 18.0 Å². The van der Waals surface area contributed by atoms with Crippen molar-refractivity contribution in [2.45, 2.75) is 17.7 Å². The van der Waals surface area contributed by atoms with Gasteiger partial charge in [0.25, 0.3) is 0 Å². The van der Waals surface area contributed by atoms with Crippen molar-refractivity contribution >= 4 is 32.5 Å². The van der Waals surface area contributed by atoms with Gasteiger partial charge >= 0.3 is 11.9 Å². The van der Waals surface area contributed by atoms with E-state index in [-0.39, 0.29) is 18.1 Å². The molecule has 0 spiro atoms. The summed E-state index contributed by atoms with van der Waals surface area (Å²) in [5.74, 6) is -1.06. The van der Waals surface area contributed by atoms with Gasteiger partial charge in [-0.1, -0.05) is 42.5 Å². The van der Waals surface area contributed by atoms with Crippen LogP contribution in [0.15, 0.2) is 83.1 Å². The van der Waals surface area contributed by atoms with Gasteiger partial charge in [0.1, 0.15) is 19.0 Å². The zero-order chi connectivity index (χ0) is 23.8. The van der Waals surface area contributed by atoms with Gasteiger partial charge in [0.2, 0.25) is 0 Å². The Hall–Kier alpha value is -3.65. The molecular formula is C25H24O7S. The van der Waals surface area contributed by atoms with E-state index >= 15 is 0 Å². The van der Waals surface area contributed by atoms with Crippen molar-refractivity contribution in [1.29, 1.82) is 0 Å². The number of benzene rings is 3. The number of sulfone groups is 1. The summed E-state index contributed by atoms with van der Waals surface area (Å²) in [6, 6.07) is 19.1. The zero-order valence-electron chi connectivity index (χ0n) is 18.3. The lowest BCUT2D eigenvalue weighted by atomic mass is 9.98. The quantitative estimate of drug-likeness (QED) is 0.266. The Kier molecular flexibility index (Phi) is 7.84. The molecule has 0 aliphatic rings. The second-order valence-electron chi connectivity index (χ2n) is 7.19. The molecule has 0 aliphatic heterocycles. The maximum atomic E-state index is 12.4. The molecule has 0 saturated heterocycles. The highest BCUT2D eigenvalue weighted by Gasteiger charge is 2.17. The highest BCUT2D eigenvalue weighted by molar-refractivity contribution is 7.94. The van der Waals surface area contributed by atoms with E-state index in [1.807, 2.05) is 36.4 Å². The summed E-state index contributed by atoms with van der Waals surface area (Å²) < 4.78 is 39.5. The minimum atomic E-state index is -3.73. The fraction of sp³-hybridized carbons (Fsp3) is 0.200. The van der Waals surface area contributed by atoms with Crippen molar-refractivity contribution < 1.29 is 32.2 Å². The van der Waals surface area contributed by atoms with E-state index in [2.05, 4.69) is 0 Å². The third-order valence-electron chi connectivity index (χ3n) is 4.95. The van der Waals surface area contributed by atoms with Crippen LogP contribution in [0, 0.1) is 0 Å². The molecule has 1 atom stereocenters. The lowest BCUT2D eigenvalue weighted by Gasteiger charge is -2.13. The topological polar surface area (TPSA) is 96.0 Å². The first kappa shape index (κ1) is 24.0. The molecule has 0 amide bonds. The summed E-state index contributed by atoms with van der Waals surface area (Å²) in [6.45, 7) is 1.40. The summed E-state index contributed by atoms with van der Waals surface area (Å²) in [7, 11) is -2.13. The molecular weight excluding hydrogens is 444 g/mol. The number of rotatable bonds is 9. The molecule has 0 N–H and O–H groups in total. The highest BCUT2D eigenvalue weighted by atomic mass is 32.2. The fourth-order valence-electron chi connectivity index (χ4n) is 3.07. The van der Waals surface area contributed by atoms with Gasteiger partial charge in [0, 0.05) is 11.5 Å². The Bertz CT molecular complexity index is 1260. The number of carbonyl (C=O) groups excluding carboxylic acids is 2. The van der Waals surface area contributed by atoms with Gasteiger partial charge in [0.05, 0.1) is 17.9 Å². The Balaban J connectivity index is 1.48. The van der Waals surface area contributed by atoms with Crippen molar-refractivity contribution in [2.75, 3.05) is 20.3 Å². The number of fused-ring (bicyclic) bond motifs is 1. The number of hydrogen-bond acceptors (Lipinski definition) is 7. The van der Waals surface area contributed by atoms with Crippen molar-refractivity contribution in [3.05, 3.63) is 83.8 Å². The number of carbonyl (C=O) groups is 2. The predicted octanol–water partition coefficient (Wildman–Crippen LogP) is 4.03. The highest BCUT2D eigenvalue weighted by Crippen LogP contribution is 2.25. The maximum absolute atomic E-state index is 12.4. The van der Waals surface area contributed by atoms with Crippen molar-refractivity contribution in [3.63, 3.8) is 0 Å². The molecule has 3 aromatic carbocycles. The van der Waals surface area contributed by atoms with Gasteiger partial charge in [-0.3, -0.25) is 4.79 Å². The van der Waals surface area contributed by atoms with E-state index in [1.54, 1.807) is 32.2 Å². The van der Waals surface area contributed by atoms with Crippen LogP contribution in [0.25, 0.3) is 10.8 Å². The van der Waals surface area contributed by atoms with Crippen LogP contribution >= 0.6 is 0 Å². The molecule has 0 heterocycles. The zero-order valence-corrected chi connectivity index (χ0v) is 19.1. The monoisotopic (exact) mass is 468 g/mol. The minimum Gasteiger partial charge on any atom is -0.497 e. The molecule has 0 bridgehead atoms. The van der Waals surface area contributed by atoms with Gasteiger partial charge in [-0.2, -0.15) is 0 Å². The predicted molar refractivity (Wildman–Crippen MR) is 124 cm³/mol. The van der Waals surface area contributed by atoms with Crippen molar-refractivity contribution in [2.24, 2.45) is 0 Å². The normalized spacial score (nSPS) is 12.4. The molecule has 0 aromatic heterocycles. The summed E-state index contributed by atoms with van der Waals surface area (Å²) in [4.78, 5) is 24.2. The van der Waals surface area contributed by atoms with Crippen LogP contribution < -0.4 is 4.74 Å². The molecule has 33 heavy (non-hydrogen) atoms. The molecule has 0 radical (unpaired) electrons. The van der Waals surface area contributed by atoms with Gasteiger partial charge in [-0.05, 0) is 47.5 Å². The average Bonchev–Trinajstić information content (AvgIpc) is 2.84. The molecule has 0 saturated carbocycles. The van der Waals surface area contributed by atoms with E-state index in [0.717, 1.165) is 33.6 Å². The maximum Gasteiger partial charge on any atom is 0.331 e. The lowest BCUT2D eigenvalue weighted by Crippen LogP contribution is -2.17. The van der Waals surface area contributed by atoms with Crippen LogP contribution in [0.4, 0.5) is 0 Å². The lowest BCUT2D eigenvalue weighted by molar-refractivity contribution is -0.150. The fourth-order valence-corrected chi connectivity index (χ4v) is 4.05. The van der Waals surface area contributed by atoms with E-state index in [1.165, 1.54) is 12.1 Å². The third kappa shape index (κ3) is 6.43. The van der Waals surface area contributed by atoms with Crippen molar-refractivity contribution in [3.8, 4) is 5.75 Å². The average molecular weight is 469 g/mol. The summed E-state index contributed by atoms with van der Waals surface area (Å²) in [6.07, 6.45) is 0.830. The van der Waals surface area contributed by atoms with Crippen molar-refractivity contribution in [1.82, 2.24) is 0 Å². The van der Waals surface area contributed by atoms with Gasteiger partial charge in [0.15, 0.2) is 9.84 Å². The van der Waals surface area contributed by atoms with Crippen LogP contribution in [-0.4, -0.2) is 40.7 Å². The molecule has 8 heteroatoms. The standard InChI is InChI=1S/C25H24O7S/c1-18(19-8-9-21-17-22(30-2)11-10-20(21)16-19)25(27)32-14-13-31-24(26)12-15-33(28,29)23-6-4-3-5-7-23/h3-12,15-18H,13-14H2,1-2H3/t18-/m0/s1. The number of esters is 2. The number of hydrogen-bond donors (Lipinski definition) is 0. The summed E-state index contributed by atoms with van der Waals surface area (Å²) in [5.41, 5.74) is 0.795. The first-order valence-corrected chi connectivity index (χ1v) is 11.7. The first-order chi connectivity index (χ1) is 15.8. The van der Waals surface area contributed by atoms with Crippen LogP contribution in [0.1, 0.15) is 18.4 Å². The molecule has 7 nitrogen and oxygen atoms in total. The summed E-state index contributed by atoms with van der Waals surface area (Å²) in [5, 5.41) is 2.75. The smallest absolute Gasteiger partial charge is 0.331 e. The third-order valence-corrected chi connectivity index (χ3v) is 6.38. The minimum absolute atomic E-state index is 0.0739. The summed E-state index contributed by atoms with van der Waals surface area (Å²) >= 11 is 0. The molecule has 0 unspecified atom stereocenters. The van der Waals surface area contributed by atoms with E-state index < -0.39 is 27.7 Å². The first-order valence-electron chi connectivity index (χ1n) is 10.2. The molecule has 172 valence electrons. The molecule has 0 fully saturated rings. The van der Waals surface area contributed by atoms with Gasteiger partial charge in [-0.25, -0.2) is 13.2 Å². The second kappa shape index (κ2) is 10.8. The van der Waals surface area contributed by atoms with Gasteiger partial charge in [-0.15, -0.1) is 0 Å². The Morgan fingerprint density at radius 2 is 1.58 bits per heavy atom. The number of ether oxygens (including phenoxy) is 3. The van der Waals surface area contributed by atoms with Crippen LogP contribution in [0.2, 0.25) is 0 Å². The number of methoxy groups -OCH3 is 1. The van der Waals surface area contributed by atoms with Crippen LogP contribution in [0.3, 0.4) is 0 Å². The van der Waals surface area contributed by atoms with Gasteiger partial charge < -0.3 is 14.2 Å². The van der Waals surface area contributed by atoms with E-state index in [4.69, 9.17) is 14.2 Å². The van der Waals surface area contributed by atoms with Crippen LogP contribution in [-0.2, 0) is 28.9 Å².